The Bertz CT molecular complexity index is 1050. The lowest BCUT2D eigenvalue weighted by atomic mass is 9.43. The molecular formula is C31H44INO4. The number of halogens is 1. The van der Waals surface area contributed by atoms with Crippen LogP contribution in [0, 0.1) is 44.0 Å². The summed E-state index contributed by atoms with van der Waals surface area (Å²) in [5.41, 5.74) is 0.936. The zero-order valence-electron chi connectivity index (χ0n) is 22.5. The third kappa shape index (κ3) is 4.26. The highest BCUT2D eigenvalue weighted by Gasteiger charge is 2.68. The number of phenolic OH excluding ortho intramolecular Hbond substituents is 1. The van der Waals surface area contributed by atoms with E-state index in [4.69, 9.17) is 4.74 Å². The first-order chi connectivity index (χ1) is 17.6. The molecule has 3 N–H and O–H groups in total. The van der Waals surface area contributed by atoms with Gasteiger partial charge in [0, 0.05) is 12.0 Å². The van der Waals surface area contributed by atoms with E-state index in [1.807, 2.05) is 6.07 Å². The van der Waals surface area contributed by atoms with Gasteiger partial charge >= 0.3 is 5.97 Å². The largest absolute Gasteiger partial charge is 0.507 e. The fraction of sp³-hybridized carbons (Fsp3) is 0.774. The monoisotopic (exact) mass is 625 g/mol. The van der Waals surface area contributed by atoms with Gasteiger partial charge in [-0.05, 0) is 146 Å². The van der Waals surface area contributed by atoms with Crippen LogP contribution in [0.5, 0.6) is 5.75 Å². The molecule has 5 aliphatic rings. The number of hydrogen-bond donors (Lipinski definition) is 3. The number of nitrogens with one attached hydrogen (secondary N) is 1. The molecule has 6 rings (SSSR count). The minimum Gasteiger partial charge on any atom is -0.507 e. The summed E-state index contributed by atoms with van der Waals surface area (Å²) in [6.45, 7) is 6.45. The first-order valence-electron chi connectivity index (χ1n) is 14.7. The number of esters is 1. The maximum Gasteiger partial charge on any atom is 0.306 e. The zero-order chi connectivity index (χ0) is 26.0. The van der Waals surface area contributed by atoms with Crippen LogP contribution in [0.1, 0.15) is 83.6 Å². The van der Waals surface area contributed by atoms with Gasteiger partial charge in [-0.1, -0.05) is 19.9 Å². The van der Waals surface area contributed by atoms with Crippen molar-refractivity contribution in [1.82, 2.24) is 5.32 Å². The van der Waals surface area contributed by atoms with E-state index in [0.29, 0.717) is 53.9 Å². The molecule has 0 aromatic heterocycles. The van der Waals surface area contributed by atoms with Gasteiger partial charge < -0.3 is 20.3 Å². The number of ether oxygens (including phenoxy) is 1. The van der Waals surface area contributed by atoms with Crippen molar-refractivity contribution in [3.05, 3.63) is 27.3 Å². The van der Waals surface area contributed by atoms with Crippen molar-refractivity contribution in [1.29, 1.82) is 0 Å². The zero-order valence-corrected chi connectivity index (χ0v) is 24.6. The molecule has 6 heteroatoms. The SMILES string of the molecule is C[C@]12CC[C@H](NCCc3ccc(O)c([131I])c3)C[C@H]1CC[C@@H]1[C@@H]2CC[C@]2(C)[C@@H]([C@@H]3COC(=O)C3)CC[C@]12O. The second kappa shape index (κ2) is 9.65. The van der Waals surface area contributed by atoms with Gasteiger partial charge in [0.15, 0.2) is 0 Å². The van der Waals surface area contributed by atoms with Crippen molar-refractivity contribution in [2.75, 3.05) is 13.2 Å². The quantitative estimate of drug-likeness (QED) is 0.284. The van der Waals surface area contributed by atoms with Crippen LogP contribution in [0.2, 0.25) is 0 Å². The van der Waals surface area contributed by atoms with Crippen molar-refractivity contribution >= 4 is 28.6 Å². The highest BCUT2D eigenvalue weighted by atomic mass is 131. The molecule has 0 bridgehead atoms. The number of phenols is 1. The predicted molar refractivity (Wildman–Crippen MR) is 152 cm³/mol. The summed E-state index contributed by atoms with van der Waals surface area (Å²) in [4.78, 5) is 11.9. The molecule has 1 aromatic carbocycles. The summed E-state index contributed by atoms with van der Waals surface area (Å²) in [5.74, 6) is 2.77. The van der Waals surface area contributed by atoms with Crippen LogP contribution in [0.4, 0.5) is 0 Å². The third-order valence-electron chi connectivity index (χ3n) is 12.2. The Balaban J connectivity index is 1.10. The molecule has 9 atom stereocenters. The van der Waals surface area contributed by atoms with E-state index in [1.54, 1.807) is 6.07 Å². The van der Waals surface area contributed by atoms with Crippen LogP contribution in [-0.4, -0.2) is 41.0 Å². The van der Waals surface area contributed by atoms with E-state index in [0.717, 1.165) is 48.1 Å². The van der Waals surface area contributed by atoms with Crippen molar-refractivity contribution < 1.29 is 19.7 Å². The topological polar surface area (TPSA) is 78.8 Å². The number of rotatable bonds is 5. The lowest BCUT2D eigenvalue weighted by molar-refractivity contribution is -0.210. The molecule has 5 nitrogen and oxygen atoms in total. The van der Waals surface area contributed by atoms with Gasteiger partial charge in [-0.25, -0.2) is 0 Å². The highest BCUT2D eigenvalue weighted by molar-refractivity contribution is 14.1. The van der Waals surface area contributed by atoms with E-state index >= 15 is 0 Å². The second-order valence-corrected chi connectivity index (χ2v) is 14.8. The van der Waals surface area contributed by atoms with Crippen LogP contribution in [-0.2, 0) is 16.0 Å². The number of aromatic hydroxyl groups is 1. The molecule has 4 saturated carbocycles. The molecule has 0 unspecified atom stereocenters. The van der Waals surface area contributed by atoms with Gasteiger partial charge in [0.1, 0.15) is 5.75 Å². The number of hydrogen-bond acceptors (Lipinski definition) is 5. The summed E-state index contributed by atoms with van der Waals surface area (Å²) >= 11 is 2.20. The summed E-state index contributed by atoms with van der Waals surface area (Å²) < 4.78 is 6.29. The summed E-state index contributed by atoms with van der Waals surface area (Å²) in [7, 11) is 0. The van der Waals surface area contributed by atoms with Gasteiger partial charge in [-0.3, -0.25) is 4.79 Å². The van der Waals surface area contributed by atoms with Gasteiger partial charge in [0.2, 0.25) is 0 Å². The molecule has 1 saturated heterocycles. The van der Waals surface area contributed by atoms with Gasteiger partial charge in [0.05, 0.1) is 22.2 Å². The Morgan fingerprint density at radius 3 is 2.62 bits per heavy atom. The molecule has 0 radical (unpaired) electrons. The first-order valence-corrected chi connectivity index (χ1v) is 15.8. The molecule has 1 aromatic rings. The average Bonchev–Trinajstić information content (AvgIpc) is 3.41. The van der Waals surface area contributed by atoms with Crippen LogP contribution in [0.25, 0.3) is 0 Å². The summed E-state index contributed by atoms with van der Waals surface area (Å²) in [6, 6.07) is 6.51. The van der Waals surface area contributed by atoms with Gasteiger partial charge in [0.25, 0.3) is 0 Å². The molecule has 0 spiro atoms. The number of carbonyl (C=O) groups is 1. The van der Waals surface area contributed by atoms with Crippen LogP contribution in [0.15, 0.2) is 18.2 Å². The molecule has 204 valence electrons. The van der Waals surface area contributed by atoms with Crippen molar-refractivity contribution in [2.24, 2.45) is 40.4 Å². The number of fused-ring (bicyclic) bond motifs is 5. The molecule has 1 heterocycles. The minimum atomic E-state index is -0.586. The van der Waals surface area contributed by atoms with Crippen LogP contribution in [0.3, 0.4) is 0 Å². The Morgan fingerprint density at radius 1 is 1.05 bits per heavy atom. The van der Waals surface area contributed by atoms with E-state index in [2.05, 4.69) is 47.8 Å². The van der Waals surface area contributed by atoms with E-state index in [-0.39, 0.29) is 11.4 Å². The maximum atomic E-state index is 12.4. The Labute approximate surface area is 235 Å². The standard InChI is InChI=1S/C31H44INO4/c1-29-11-7-22(33-14-10-19-3-6-27(34)26(32)15-19)17-21(29)4-5-25-24(29)8-12-30(2)23(9-13-31(25,30)36)20-16-28(35)37-18-20/h3,6,15,20-25,33-34,36H,4-5,7-14,16-18H2,1-2H3/t20-,21+,22-,23+,24-,25+,29-,30+,31-/m0/s1/i32+4. The summed E-state index contributed by atoms with van der Waals surface area (Å²) in [6.07, 6.45) is 11.9. The Kier molecular flexibility index (Phi) is 6.88. The van der Waals surface area contributed by atoms with E-state index in [9.17, 15) is 15.0 Å². The molecule has 5 fully saturated rings. The van der Waals surface area contributed by atoms with Crippen molar-refractivity contribution in [3.8, 4) is 5.75 Å². The number of aliphatic hydroxyl groups is 1. The Hall–Kier alpha value is -0.860. The second-order valence-electron chi connectivity index (χ2n) is 13.6. The maximum absolute atomic E-state index is 12.4. The number of benzene rings is 1. The van der Waals surface area contributed by atoms with E-state index < -0.39 is 5.60 Å². The average molecular weight is 626 g/mol. The summed E-state index contributed by atoms with van der Waals surface area (Å²) in [5, 5.41) is 26.1. The predicted octanol–water partition coefficient (Wildman–Crippen LogP) is 5.83. The first kappa shape index (κ1) is 26.4. The molecule has 4 aliphatic carbocycles. The molecule has 1 aliphatic heterocycles. The fourth-order valence-electron chi connectivity index (χ4n) is 10.1. The molecule has 37 heavy (non-hydrogen) atoms. The lowest BCUT2D eigenvalue weighted by Gasteiger charge is -2.64. The van der Waals surface area contributed by atoms with Crippen LogP contribution < -0.4 is 5.32 Å². The number of cyclic esters (lactones) is 1. The normalized spacial score (nSPS) is 45.1. The third-order valence-corrected chi connectivity index (χ3v) is 13.1. The fourth-order valence-corrected chi connectivity index (χ4v) is 10.7. The molecule has 0 amide bonds. The minimum absolute atomic E-state index is 0.0473. The smallest absolute Gasteiger partial charge is 0.306 e. The number of carbonyl (C=O) groups excluding carboxylic acids is 1. The lowest BCUT2D eigenvalue weighted by Crippen LogP contribution is -2.63. The van der Waals surface area contributed by atoms with Crippen LogP contribution >= 0.6 is 22.6 Å². The van der Waals surface area contributed by atoms with Gasteiger partial charge in [-0.2, -0.15) is 0 Å². The van der Waals surface area contributed by atoms with Gasteiger partial charge in [-0.15, -0.1) is 0 Å². The molecular weight excluding hydrogens is 581 g/mol. The Morgan fingerprint density at radius 2 is 1.86 bits per heavy atom. The van der Waals surface area contributed by atoms with Crippen molar-refractivity contribution in [2.45, 2.75) is 96.1 Å². The highest BCUT2D eigenvalue weighted by Crippen LogP contribution is 2.70. The van der Waals surface area contributed by atoms with E-state index in [1.165, 1.54) is 37.7 Å². The van der Waals surface area contributed by atoms with Crippen molar-refractivity contribution in [3.63, 3.8) is 0 Å².